The van der Waals surface area contributed by atoms with Gasteiger partial charge in [-0.05, 0) is 72.3 Å². The standard InChI is InChI=1S/C26H19Cl2N3O4S/c27-20-10-12-21(13-11-20)31-36(33,34)25-16-19(9-14-24(25)28)26(32)30-29-17-18-5-4-8-23(15-18)35-22-6-2-1-3-7-22/h1-17,31H,(H,30,32)/b29-17-. The van der Waals surface area contributed by atoms with E-state index < -0.39 is 15.9 Å². The van der Waals surface area contributed by atoms with Crippen molar-refractivity contribution in [3.8, 4) is 11.5 Å². The molecule has 182 valence electrons. The van der Waals surface area contributed by atoms with Crippen molar-refractivity contribution in [3.05, 3.63) is 118 Å². The topological polar surface area (TPSA) is 96.9 Å². The summed E-state index contributed by atoms with van der Waals surface area (Å²) in [5.41, 5.74) is 3.44. The molecular formula is C26H19Cl2N3O4S. The zero-order valence-corrected chi connectivity index (χ0v) is 20.9. The number of nitrogens with zero attached hydrogens (tertiary/aromatic N) is 1. The van der Waals surface area contributed by atoms with Gasteiger partial charge in [-0.2, -0.15) is 5.10 Å². The van der Waals surface area contributed by atoms with Crippen molar-refractivity contribution in [3.63, 3.8) is 0 Å². The van der Waals surface area contributed by atoms with E-state index in [9.17, 15) is 13.2 Å². The predicted molar refractivity (Wildman–Crippen MR) is 142 cm³/mol. The van der Waals surface area contributed by atoms with Gasteiger partial charge in [0, 0.05) is 16.3 Å². The largest absolute Gasteiger partial charge is 0.457 e. The maximum atomic E-state index is 12.8. The summed E-state index contributed by atoms with van der Waals surface area (Å²) in [6.45, 7) is 0. The third-order valence-corrected chi connectivity index (χ3v) is 6.91. The van der Waals surface area contributed by atoms with Crippen LogP contribution in [0.1, 0.15) is 15.9 Å². The van der Waals surface area contributed by atoms with Crippen molar-refractivity contribution in [1.29, 1.82) is 0 Å². The van der Waals surface area contributed by atoms with Crippen LogP contribution in [-0.2, 0) is 10.0 Å². The third kappa shape index (κ3) is 6.63. The summed E-state index contributed by atoms with van der Waals surface area (Å²) in [4.78, 5) is 12.4. The minimum atomic E-state index is -4.06. The van der Waals surface area contributed by atoms with Gasteiger partial charge in [0.25, 0.3) is 15.9 Å². The van der Waals surface area contributed by atoms with Gasteiger partial charge in [-0.15, -0.1) is 0 Å². The highest BCUT2D eigenvalue weighted by molar-refractivity contribution is 7.92. The third-order valence-electron chi connectivity index (χ3n) is 4.80. The summed E-state index contributed by atoms with van der Waals surface area (Å²) in [6.07, 6.45) is 1.45. The number of carbonyl (C=O) groups excluding carboxylic acids is 1. The summed E-state index contributed by atoms with van der Waals surface area (Å²) in [7, 11) is -4.06. The Hall–Kier alpha value is -3.85. The number of anilines is 1. The molecule has 0 aliphatic heterocycles. The monoisotopic (exact) mass is 539 g/mol. The zero-order chi connectivity index (χ0) is 25.5. The van der Waals surface area contributed by atoms with Crippen LogP contribution < -0.4 is 14.9 Å². The Morgan fingerprint density at radius 3 is 2.31 bits per heavy atom. The Labute approximate surface area is 218 Å². The van der Waals surface area contributed by atoms with E-state index in [1.54, 1.807) is 36.4 Å². The van der Waals surface area contributed by atoms with Crippen molar-refractivity contribution < 1.29 is 17.9 Å². The Morgan fingerprint density at radius 2 is 1.56 bits per heavy atom. The molecule has 0 spiro atoms. The number of hydrogen-bond donors (Lipinski definition) is 2. The molecule has 7 nitrogen and oxygen atoms in total. The van der Waals surface area contributed by atoms with Gasteiger partial charge in [0.15, 0.2) is 0 Å². The van der Waals surface area contributed by atoms with Gasteiger partial charge in [-0.3, -0.25) is 9.52 Å². The second-order valence-electron chi connectivity index (χ2n) is 7.44. The Kier molecular flexibility index (Phi) is 7.90. The lowest BCUT2D eigenvalue weighted by Crippen LogP contribution is -2.19. The first kappa shape index (κ1) is 25.2. The number of amides is 1. The van der Waals surface area contributed by atoms with E-state index >= 15 is 0 Å². The summed E-state index contributed by atoms with van der Waals surface area (Å²) in [5.74, 6) is 0.693. The highest BCUT2D eigenvalue weighted by Gasteiger charge is 2.20. The van der Waals surface area contributed by atoms with Crippen LogP contribution in [0.2, 0.25) is 10.0 Å². The number of carbonyl (C=O) groups is 1. The molecule has 0 heterocycles. The van der Waals surface area contributed by atoms with Gasteiger partial charge >= 0.3 is 0 Å². The molecule has 0 unspecified atom stereocenters. The zero-order valence-electron chi connectivity index (χ0n) is 18.6. The molecule has 4 aromatic carbocycles. The van der Waals surface area contributed by atoms with Crippen LogP contribution in [-0.4, -0.2) is 20.5 Å². The molecule has 36 heavy (non-hydrogen) atoms. The number of hydrazone groups is 1. The van der Waals surface area contributed by atoms with Crippen LogP contribution >= 0.6 is 23.2 Å². The van der Waals surface area contributed by atoms with Crippen LogP contribution in [0.5, 0.6) is 11.5 Å². The number of halogens is 2. The van der Waals surface area contributed by atoms with Crippen LogP contribution in [0.4, 0.5) is 5.69 Å². The molecule has 0 aliphatic rings. The van der Waals surface area contributed by atoms with Crippen molar-refractivity contribution >= 4 is 51.0 Å². The van der Waals surface area contributed by atoms with Gasteiger partial charge in [-0.25, -0.2) is 13.8 Å². The minimum absolute atomic E-state index is 0.0354. The van der Waals surface area contributed by atoms with Crippen LogP contribution in [0.15, 0.2) is 107 Å². The average Bonchev–Trinajstić information content (AvgIpc) is 2.86. The fourth-order valence-electron chi connectivity index (χ4n) is 3.09. The highest BCUT2D eigenvalue weighted by atomic mass is 35.5. The highest BCUT2D eigenvalue weighted by Crippen LogP contribution is 2.26. The normalized spacial score (nSPS) is 11.3. The first-order chi connectivity index (χ1) is 17.3. The molecule has 4 rings (SSSR count). The molecule has 0 aromatic heterocycles. The molecule has 2 N–H and O–H groups in total. The van der Waals surface area contributed by atoms with E-state index in [-0.39, 0.29) is 15.5 Å². The fraction of sp³-hybridized carbons (Fsp3) is 0. The number of ether oxygens (including phenoxy) is 1. The maximum absolute atomic E-state index is 12.8. The first-order valence-corrected chi connectivity index (χ1v) is 12.8. The van der Waals surface area contributed by atoms with Gasteiger partial charge < -0.3 is 4.74 Å². The van der Waals surface area contributed by atoms with E-state index in [1.807, 2.05) is 30.3 Å². The van der Waals surface area contributed by atoms with E-state index in [4.69, 9.17) is 27.9 Å². The van der Waals surface area contributed by atoms with Crippen molar-refractivity contribution in [1.82, 2.24) is 5.43 Å². The van der Waals surface area contributed by atoms with Crippen LogP contribution in [0.25, 0.3) is 0 Å². The van der Waals surface area contributed by atoms with Crippen molar-refractivity contribution in [2.45, 2.75) is 4.90 Å². The second kappa shape index (κ2) is 11.3. The number of sulfonamides is 1. The molecule has 0 bridgehead atoms. The molecule has 4 aromatic rings. The fourth-order valence-corrected chi connectivity index (χ4v) is 4.80. The average molecular weight is 540 g/mol. The minimum Gasteiger partial charge on any atom is -0.457 e. The summed E-state index contributed by atoms with van der Waals surface area (Å²) >= 11 is 12.0. The lowest BCUT2D eigenvalue weighted by molar-refractivity contribution is 0.0955. The molecule has 0 atom stereocenters. The lowest BCUT2D eigenvalue weighted by atomic mass is 10.2. The first-order valence-electron chi connectivity index (χ1n) is 10.5. The summed E-state index contributed by atoms with van der Waals surface area (Å²) < 4.78 is 33.9. The van der Waals surface area contributed by atoms with E-state index in [0.717, 1.165) is 0 Å². The smallest absolute Gasteiger partial charge is 0.271 e. The molecule has 0 saturated carbocycles. The Bertz CT molecular complexity index is 1510. The Balaban J connectivity index is 1.44. The lowest BCUT2D eigenvalue weighted by Gasteiger charge is -2.11. The quantitative estimate of drug-likeness (QED) is 0.201. The second-order valence-corrected chi connectivity index (χ2v) is 9.94. The Morgan fingerprint density at radius 1 is 0.833 bits per heavy atom. The van der Waals surface area contributed by atoms with Gasteiger partial charge in [0.2, 0.25) is 0 Å². The predicted octanol–water partition coefficient (Wildman–Crippen LogP) is 6.35. The molecule has 0 saturated heterocycles. The molecule has 0 aliphatic carbocycles. The van der Waals surface area contributed by atoms with E-state index in [1.165, 1.54) is 36.5 Å². The molecule has 0 fully saturated rings. The maximum Gasteiger partial charge on any atom is 0.271 e. The SMILES string of the molecule is O=C(N/N=C\c1cccc(Oc2ccccc2)c1)c1ccc(Cl)c(S(=O)(=O)Nc2ccc(Cl)cc2)c1. The van der Waals surface area contributed by atoms with Gasteiger partial charge in [-0.1, -0.05) is 53.5 Å². The summed E-state index contributed by atoms with van der Waals surface area (Å²) in [6, 6.07) is 26.5. The van der Waals surface area contributed by atoms with Gasteiger partial charge in [0.1, 0.15) is 16.4 Å². The van der Waals surface area contributed by atoms with Crippen LogP contribution in [0.3, 0.4) is 0 Å². The van der Waals surface area contributed by atoms with Crippen LogP contribution in [0, 0.1) is 0 Å². The van der Waals surface area contributed by atoms with Crippen molar-refractivity contribution in [2.75, 3.05) is 4.72 Å². The van der Waals surface area contributed by atoms with E-state index in [0.29, 0.717) is 27.8 Å². The van der Waals surface area contributed by atoms with Gasteiger partial charge in [0.05, 0.1) is 11.2 Å². The van der Waals surface area contributed by atoms with E-state index in [2.05, 4.69) is 15.2 Å². The molecule has 0 radical (unpaired) electrons. The number of hydrogen-bond acceptors (Lipinski definition) is 5. The molecule has 1 amide bonds. The summed E-state index contributed by atoms with van der Waals surface area (Å²) in [5, 5.41) is 4.39. The number of nitrogens with one attached hydrogen (secondary N) is 2. The number of para-hydroxylation sites is 1. The number of benzene rings is 4. The van der Waals surface area contributed by atoms with Crippen molar-refractivity contribution in [2.24, 2.45) is 5.10 Å². The molecular weight excluding hydrogens is 521 g/mol. The molecule has 10 heteroatoms. The number of rotatable bonds is 8.